The predicted octanol–water partition coefficient (Wildman–Crippen LogP) is -1.27. The maximum absolute atomic E-state index is 9.09. The molecule has 1 aliphatic rings. The molecule has 0 radical (unpaired) electrons. The molecule has 4 heteroatoms. The number of amidine groups is 1. The summed E-state index contributed by atoms with van der Waals surface area (Å²) in [6, 6.07) is 0. The van der Waals surface area contributed by atoms with Crippen molar-refractivity contribution in [2.24, 2.45) is 4.99 Å². The van der Waals surface area contributed by atoms with Crippen molar-refractivity contribution in [2.75, 3.05) is 13.1 Å². The van der Waals surface area contributed by atoms with Gasteiger partial charge in [0.25, 0.3) is 0 Å². The zero-order chi connectivity index (χ0) is 7.56. The van der Waals surface area contributed by atoms with Gasteiger partial charge < -0.3 is 15.5 Å². The second kappa shape index (κ2) is 2.98. The standard InChI is InChI=1S/C6H12N2O2/c1-4-7-2-5(9)6(10)3-8-4/h5-6,9-10H,2-3H2,1H3,(H,7,8). The van der Waals surface area contributed by atoms with E-state index in [9.17, 15) is 0 Å². The van der Waals surface area contributed by atoms with Crippen LogP contribution in [-0.2, 0) is 0 Å². The summed E-state index contributed by atoms with van der Waals surface area (Å²) in [5.41, 5.74) is 0. The molecule has 1 rings (SSSR count). The SMILES string of the molecule is CC1=NCC(O)C(O)CN1. The molecule has 4 nitrogen and oxygen atoms in total. The molecule has 1 aliphatic heterocycles. The van der Waals surface area contributed by atoms with Crippen LogP contribution in [0.2, 0.25) is 0 Å². The molecule has 58 valence electrons. The van der Waals surface area contributed by atoms with E-state index in [0.717, 1.165) is 5.84 Å². The van der Waals surface area contributed by atoms with Gasteiger partial charge >= 0.3 is 0 Å². The van der Waals surface area contributed by atoms with Crippen LogP contribution in [0, 0.1) is 0 Å². The zero-order valence-corrected chi connectivity index (χ0v) is 5.91. The van der Waals surface area contributed by atoms with Crippen molar-refractivity contribution >= 4 is 5.84 Å². The quantitative estimate of drug-likeness (QED) is 0.397. The normalized spacial score (nSPS) is 34.1. The Morgan fingerprint density at radius 2 is 2.20 bits per heavy atom. The lowest BCUT2D eigenvalue weighted by Gasteiger charge is -2.11. The lowest BCUT2D eigenvalue weighted by atomic mass is 10.2. The van der Waals surface area contributed by atoms with E-state index in [1.807, 2.05) is 6.92 Å². The molecule has 2 unspecified atom stereocenters. The van der Waals surface area contributed by atoms with E-state index < -0.39 is 12.2 Å². The van der Waals surface area contributed by atoms with Gasteiger partial charge in [0.2, 0.25) is 0 Å². The zero-order valence-electron chi connectivity index (χ0n) is 5.91. The Hall–Kier alpha value is -0.610. The van der Waals surface area contributed by atoms with Gasteiger partial charge in [0.1, 0.15) is 6.10 Å². The second-order valence-electron chi connectivity index (χ2n) is 2.44. The fraction of sp³-hybridized carbons (Fsp3) is 0.833. The molecule has 0 fully saturated rings. The Balaban J connectivity index is 2.52. The summed E-state index contributed by atoms with van der Waals surface area (Å²) in [5.74, 6) is 0.774. The maximum Gasteiger partial charge on any atom is 0.101 e. The highest BCUT2D eigenvalue weighted by Crippen LogP contribution is 1.96. The number of aliphatic hydroxyl groups excluding tert-OH is 2. The van der Waals surface area contributed by atoms with Crippen molar-refractivity contribution in [1.82, 2.24) is 5.32 Å². The van der Waals surface area contributed by atoms with E-state index in [2.05, 4.69) is 10.3 Å². The Kier molecular flexibility index (Phi) is 2.24. The Morgan fingerprint density at radius 1 is 1.50 bits per heavy atom. The van der Waals surface area contributed by atoms with Crippen molar-refractivity contribution in [3.63, 3.8) is 0 Å². The van der Waals surface area contributed by atoms with Crippen molar-refractivity contribution < 1.29 is 10.2 Å². The first-order valence-electron chi connectivity index (χ1n) is 3.31. The highest BCUT2D eigenvalue weighted by Gasteiger charge is 2.17. The number of nitrogens with one attached hydrogen (secondary N) is 1. The average Bonchev–Trinajstić information content (AvgIpc) is 2.04. The van der Waals surface area contributed by atoms with Crippen LogP contribution in [0.4, 0.5) is 0 Å². The summed E-state index contributed by atoms with van der Waals surface area (Å²) < 4.78 is 0. The summed E-state index contributed by atoms with van der Waals surface area (Å²) >= 11 is 0. The largest absolute Gasteiger partial charge is 0.389 e. The van der Waals surface area contributed by atoms with Crippen molar-refractivity contribution in [3.8, 4) is 0 Å². The van der Waals surface area contributed by atoms with Crippen LogP contribution < -0.4 is 5.32 Å². The Labute approximate surface area is 59.6 Å². The first kappa shape index (κ1) is 7.50. The van der Waals surface area contributed by atoms with Crippen LogP contribution in [0.25, 0.3) is 0 Å². The number of β-amino-alcohol motifs (C(OH)–C–C–N with tert-alkyl or cyclic N) is 1. The number of aliphatic hydroxyl groups is 2. The highest BCUT2D eigenvalue weighted by molar-refractivity contribution is 5.79. The first-order chi connectivity index (χ1) is 4.70. The second-order valence-corrected chi connectivity index (χ2v) is 2.44. The van der Waals surface area contributed by atoms with E-state index in [1.165, 1.54) is 0 Å². The number of hydrogen-bond acceptors (Lipinski definition) is 4. The Bertz CT molecular complexity index is 147. The molecule has 0 aromatic rings. The van der Waals surface area contributed by atoms with Crippen LogP contribution in [-0.4, -0.2) is 41.3 Å². The third-order valence-corrected chi connectivity index (χ3v) is 1.53. The lowest BCUT2D eigenvalue weighted by Crippen LogP contribution is -2.35. The molecule has 0 amide bonds. The lowest BCUT2D eigenvalue weighted by molar-refractivity contribution is 0.0313. The van der Waals surface area contributed by atoms with Gasteiger partial charge in [-0.3, -0.25) is 4.99 Å². The fourth-order valence-electron chi connectivity index (χ4n) is 0.796. The smallest absolute Gasteiger partial charge is 0.101 e. The van der Waals surface area contributed by atoms with E-state index in [-0.39, 0.29) is 0 Å². The van der Waals surface area contributed by atoms with Crippen LogP contribution in [0.5, 0.6) is 0 Å². The number of rotatable bonds is 0. The van der Waals surface area contributed by atoms with E-state index >= 15 is 0 Å². The summed E-state index contributed by atoms with van der Waals surface area (Å²) in [6.45, 7) is 2.49. The minimum Gasteiger partial charge on any atom is -0.389 e. The minimum absolute atomic E-state index is 0.292. The van der Waals surface area contributed by atoms with Crippen LogP contribution in [0.1, 0.15) is 6.92 Å². The fourth-order valence-corrected chi connectivity index (χ4v) is 0.796. The van der Waals surface area contributed by atoms with Gasteiger partial charge in [-0.1, -0.05) is 0 Å². The van der Waals surface area contributed by atoms with Gasteiger partial charge in [0.15, 0.2) is 0 Å². The number of nitrogens with zero attached hydrogens (tertiary/aromatic N) is 1. The molecule has 0 aromatic carbocycles. The molecule has 3 N–H and O–H groups in total. The van der Waals surface area contributed by atoms with Gasteiger partial charge in [0, 0.05) is 6.54 Å². The number of aliphatic imine (C=N–C) groups is 1. The van der Waals surface area contributed by atoms with E-state index in [0.29, 0.717) is 13.1 Å². The highest BCUT2D eigenvalue weighted by atomic mass is 16.3. The molecule has 2 atom stereocenters. The molecule has 0 saturated carbocycles. The first-order valence-corrected chi connectivity index (χ1v) is 3.31. The van der Waals surface area contributed by atoms with Crippen molar-refractivity contribution in [2.45, 2.75) is 19.1 Å². The summed E-state index contributed by atoms with van der Waals surface area (Å²) in [4.78, 5) is 3.95. The summed E-state index contributed by atoms with van der Waals surface area (Å²) in [7, 11) is 0. The molecule has 0 aromatic heterocycles. The van der Waals surface area contributed by atoms with Crippen molar-refractivity contribution in [1.29, 1.82) is 0 Å². The Morgan fingerprint density at radius 3 is 2.90 bits per heavy atom. The van der Waals surface area contributed by atoms with Crippen LogP contribution in [0.15, 0.2) is 4.99 Å². The maximum atomic E-state index is 9.09. The van der Waals surface area contributed by atoms with Crippen LogP contribution in [0.3, 0.4) is 0 Å². The molecule has 0 bridgehead atoms. The third-order valence-electron chi connectivity index (χ3n) is 1.53. The van der Waals surface area contributed by atoms with Gasteiger partial charge in [-0.15, -0.1) is 0 Å². The number of hydrogen-bond donors (Lipinski definition) is 3. The topological polar surface area (TPSA) is 64.9 Å². The van der Waals surface area contributed by atoms with Gasteiger partial charge in [-0.2, -0.15) is 0 Å². The average molecular weight is 144 g/mol. The summed E-state index contributed by atoms with van der Waals surface area (Å²) in [6.07, 6.45) is -1.41. The van der Waals surface area contributed by atoms with E-state index in [4.69, 9.17) is 10.2 Å². The molecule has 0 spiro atoms. The summed E-state index contributed by atoms with van der Waals surface area (Å²) in [5, 5.41) is 21.0. The predicted molar refractivity (Wildman–Crippen MR) is 38.0 cm³/mol. The monoisotopic (exact) mass is 144 g/mol. The third kappa shape index (κ3) is 1.68. The van der Waals surface area contributed by atoms with Gasteiger partial charge in [-0.05, 0) is 6.92 Å². The molecule has 1 heterocycles. The molecular weight excluding hydrogens is 132 g/mol. The minimum atomic E-state index is -0.718. The van der Waals surface area contributed by atoms with Gasteiger partial charge in [-0.25, -0.2) is 0 Å². The van der Waals surface area contributed by atoms with Gasteiger partial charge in [0.05, 0.1) is 18.5 Å². The molecule has 0 saturated heterocycles. The molecule has 0 aliphatic carbocycles. The van der Waals surface area contributed by atoms with Crippen molar-refractivity contribution in [3.05, 3.63) is 0 Å². The molecular formula is C6H12N2O2. The van der Waals surface area contributed by atoms with Crippen LogP contribution >= 0.6 is 0 Å². The molecule has 10 heavy (non-hydrogen) atoms. The van der Waals surface area contributed by atoms with E-state index in [1.54, 1.807) is 0 Å².